The lowest BCUT2D eigenvalue weighted by Crippen LogP contribution is -2.26. The highest BCUT2D eigenvalue weighted by atomic mass is 16.5. The van der Waals surface area contributed by atoms with E-state index in [1.54, 1.807) is 4.52 Å². The molecule has 0 aliphatic rings. The van der Waals surface area contributed by atoms with Crippen LogP contribution in [0.2, 0.25) is 0 Å². The molecule has 0 saturated carbocycles. The van der Waals surface area contributed by atoms with Crippen LogP contribution in [0.1, 0.15) is 18.2 Å². The number of rotatable bonds is 5. The molecule has 6 nitrogen and oxygen atoms in total. The van der Waals surface area contributed by atoms with E-state index in [9.17, 15) is 0 Å². The summed E-state index contributed by atoms with van der Waals surface area (Å²) >= 11 is 0. The molecule has 2 aromatic heterocycles. The molecule has 0 bridgehead atoms. The molecule has 0 saturated heterocycles. The summed E-state index contributed by atoms with van der Waals surface area (Å²) in [5, 5.41) is 4.23. The summed E-state index contributed by atoms with van der Waals surface area (Å²) in [6, 6.07) is 0. The van der Waals surface area contributed by atoms with Crippen molar-refractivity contribution in [3.8, 4) is 0 Å². The number of aromatic nitrogens is 4. The van der Waals surface area contributed by atoms with Gasteiger partial charge in [-0.15, -0.1) is 0 Å². The Morgan fingerprint density at radius 2 is 2.17 bits per heavy atom. The molecule has 98 valence electrons. The molecule has 0 atom stereocenters. The predicted octanol–water partition coefficient (Wildman–Crippen LogP) is 1.21. The topological polar surface area (TPSA) is 55.5 Å². The maximum atomic E-state index is 5.39. The Morgan fingerprint density at radius 1 is 1.39 bits per heavy atom. The molecule has 0 spiro atoms. The molecule has 0 N–H and O–H groups in total. The third-order valence-electron chi connectivity index (χ3n) is 3.01. The fourth-order valence-corrected chi connectivity index (χ4v) is 1.92. The van der Waals surface area contributed by atoms with E-state index in [2.05, 4.69) is 26.9 Å². The molecule has 2 rings (SSSR count). The summed E-state index contributed by atoms with van der Waals surface area (Å²) in [4.78, 5) is 10.7. The summed E-state index contributed by atoms with van der Waals surface area (Å²) in [5.74, 6) is 1.66. The van der Waals surface area contributed by atoms with Gasteiger partial charge >= 0.3 is 0 Å². The zero-order valence-corrected chi connectivity index (χ0v) is 11.3. The number of hydrogen-bond acceptors (Lipinski definition) is 5. The molecule has 0 unspecified atom stereocenters. The average Bonchev–Trinajstić information content (AvgIpc) is 2.78. The zero-order valence-electron chi connectivity index (χ0n) is 11.3. The quantitative estimate of drug-likeness (QED) is 0.746. The lowest BCUT2D eigenvalue weighted by molar-refractivity contribution is 0.154. The van der Waals surface area contributed by atoms with Gasteiger partial charge < -0.3 is 9.64 Å². The second kappa shape index (κ2) is 5.30. The van der Waals surface area contributed by atoms with E-state index in [1.807, 2.05) is 20.9 Å². The number of fused-ring (bicyclic) bond motifs is 1. The molecule has 0 radical (unpaired) electrons. The van der Waals surface area contributed by atoms with Gasteiger partial charge in [-0.2, -0.15) is 14.6 Å². The smallest absolute Gasteiger partial charge is 0.254 e. The van der Waals surface area contributed by atoms with Crippen molar-refractivity contribution in [1.82, 2.24) is 19.6 Å². The number of ether oxygens (including phenoxy) is 1. The normalized spacial score (nSPS) is 11.1. The van der Waals surface area contributed by atoms with Gasteiger partial charge in [-0.1, -0.05) is 0 Å². The van der Waals surface area contributed by atoms with Gasteiger partial charge in [0, 0.05) is 31.5 Å². The lowest BCUT2D eigenvalue weighted by atomic mass is 10.2. The first-order valence-electron chi connectivity index (χ1n) is 6.11. The van der Waals surface area contributed by atoms with Crippen LogP contribution in [-0.4, -0.2) is 46.4 Å². The van der Waals surface area contributed by atoms with Gasteiger partial charge in [-0.25, -0.2) is 4.98 Å². The van der Waals surface area contributed by atoms with Gasteiger partial charge in [0.1, 0.15) is 12.1 Å². The first-order valence-corrected chi connectivity index (χ1v) is 6.11. The summed E-state index contributed by atoms with van der Waals surface area (Å²) in [6.07, 6.45) is 1.53. The Balaban J connectivity index is 2.35. The van der Waals surface area contributed by atoms with Gasteiger partial charge in [0.2, 0.25) is 0 Å². The van der Waals surface area contributed by atoms with Crippen molar-refractivity contribution >= 4 is 11.6 Å². The van der Waals surface area contributed by atoms with Crippen LogP contribution in [-0.2, 0) is 4.74 Å². The SMILES string of the molecule is CCOCCN(C)c1c(C)c(C)nc2ncnn12. The highest BCUT2D eigenvalue weighted by Gasteiger charge is 2.14. The van der Waals surface area contributed by atoms with E-state index >= 15 is 0 Å². The van der Waals surface area contributed by atoms with Crippen LogP contribution in [0, 0.1) is 13.8 Å². The van der Waals surface area contributed by atoms with Crippen LogP contribution in [0.5, 0.6) is 0 Å². The molecular formula is C12H19N5O. The Hall–Kier alpha value is -1.69. The van der Waals surface area contributed by atoms with E-state index in [-0.39, 0.29) is 0 Å². The van der Waals surface area contributed by atoms with Crippen molar-refractivity contribution in [2.75, 3.05) is 31.7 Å². The standard InChI is InChI=1S/C12H19N5O/c1-5-18-7-6-16(4)11-9(2)10(3)15-12-13-8-14-17(11)12/h8H,5-7H2,1-4H3. The fraction of sp³-hybridized carbons (Fsp3) is 0.583. The Bertz CT molecular complexity index is 536. The van der Waals surface area contributed by atoms with Crippen LogP contribution in [0.25, 0.3) is 5.78 Å². The molecule has 2 aromatic rings. The van der Waals surface area contributed by atoms with Crippen molar-refractivity contribution in [1.29, 1.82) is 0 Å². The van der Waals surface area contributed by atoms with Crippen LogP contribution in [0.4, 0.5) is 5.82 Å². The molecule has 2 heterocycles. The number of nitrogens with zero attached hydrogens (tertiary/aromatic N) is 5. The van der Waals surface area contributed by atoms with Crippen molar-refractivity contribution in [3.05, 3.63) is 17.6 Å². The largest absolute Gasteiger partial charge is 0.380 e. The molecule has 0 fully saturated rings. The van der Waals surface area contributed by atoms with Crippen LogP contribution in [0.15, 0.2) is 6.33 Å². The Kier molecular flexibility index (Phi) is 3.76. The van der Waals surface area contributed by atoms with E-state index in [0.29, 0.717) is 12.4 Å². The van der Waals surface area contributed by atoms with Crippen molar-refractivity contribution in [2.24, 2.45) is 0 Å². The number of hydrogen-bond donors (Lipinski definition) is 0. The highest BCUT2D eigenvalue weighted by Crippen LogP contribution is 2.20. The second-order valence-corrected chi connectivity index (χ2v) is 4.24. The summed E-state index contributed by atoms with van der Waals surface area (Å²) in [7, 11) is 2.03. The van der Waals surface area contributed by atoms with Gasteiger partial charge in [-0.3, -0.25) is 0 Å². The van der Waals surface area contributed by atoms with Gasteiger partial charge in [0.25, 0.3) is 5.78 Å². The molecule has 0 amide bonds. The Labute approximate surface area is 107 Å². The monoisotopic (exact) mass is 249 g/mol. The Morgan fingerprint density at radius 3 is 2.89 bits per heavy atom. The predicted molar refractivity (Wildman–Crippen MR) is 70.0 cm³/mol. The van der Waals surface area contributed by atoms with Crippen LogP contribution in [0.3, 0.4) is 0 Å². The third-order valence-corrected chi connectivity index (χ3v) is 3.01. The van der Waals surface area contributed by atoms with Gasteiger partial charge in [0.15, 0.2) is 0 Å². The van der Waals surface area contributed by atoms with E-state index < -0.39 is 0 Å². The van der Waals surface area contributed by atoms with E-state index in [0.717, 1.165) is 30.2 Å². The highest BCUT2D eigenvalue weighted by molar-refractivity contribution is 5.53. The lowest BCUT2D eigenvalue weighted by Gasteiger charge is -2.22. The van der Waals surface area contributed by atoms with Crippen LogP contribution < -0.4 is 4.90 Å². The summed E-state index contributed by atoms with van der Waals surface area (Å²) in [5.41, 5.74) is 2.10. The van der Waals surface area contributed by atoms with Crippen molar-refractivity contribution in [3.63, 3.8) is 0 Å². The zero-order chi connectivity index (χ0) is 13.1. The minimum absolute atomic E-state index is 0.636. The van der Waals surface area contributed by atoms with E-state index in [1.165, 1.54) is 6.33 Å². The number of anilines is 1. The fourth-order valence-electron chi connectivity index (χ4n) is 1.92. The van der Waals surface area contributed by atoms with Crippen molar-refractivity contribution in [2.45, 2.75) is 20.8 Å². The first-order chi connectivity index (χ1) is 8.65. The maximum Gasteiger partial charge on any atom is 0.254 e. The van der Waals surface area contributed by atoms with E-state index in [4.69, 9.17) is 4.74 Å². The van der Waals surface area contributed by atoms with Gasteiger partial charge in [0.05, 0.1) is 6.61 Å². The molecule has 6 heteroatoms. The third kappa shape index (κ3) is 2.28. The molecular weight excluding hydrogens is 230 g/mol. The molecule has 0 aromatic carbocycles. The van der Waals surface area contributed by atoms with Crippen LogP contribution >= 0.6 is 0 Å². The molecule has 18 heavy (non-hydrogen) atoms. The molecule has 0 aliphatic carbocycles. The minimum Gasteiger partial charge on any atom is -0.380 e. The summed E-state index contributed by atoms with van der Waals surface area (Å²) < 4.78 is 7.16. The first kappa shape index (κ1) is 12.8. The maximum absolute atomic E-state index is 5.39. The minimum atomic E-state index is 0.636. The van der Waals surface area contributed by atoms with Gasteiger partial charge in [-0.05, 0) is 20.8 Å². The molecule has 0 aliphatic heterocycles. The number of aryl methyl sites for hydroxylation is 1. The number of likely N-dealkylation sites (N-methyl/N-ethyl adjacent to an activating group) is 1. The second-order valence-electron chi connectivity index (χ2n) is 4.24. The van der Waals surface area contributed by atoms with Crippen molar-refractivity contribution < 1.29 is 4.74 Å². The summed E-state index contributed by atoms with van der Waals surface area (Å²) in [6.45, 7) is 8.29. The average molecular weight is 249 g/mol.